The Balaban J connectivity index is 1.67. The molecule has 1 aromatic carbocycles. The van der Waals surface area contributed by atoms with Crippen LogP contribution >= 0.6 is 0 Å². The lowest BCUT2D eigenvalue weighted by Crippen LogP contribution is -2.50. The number of allylic oxidation sites excluding steroid dienone is 1. The largest absolute Gasteiger partial charge is 0.350 e. The third-order valence-electron chi connectivity index (χ3n) is 4.91. The first-order chi connectivity index (χ1) is 13.3. The lowest BCUT2D eigenvalue weighted by Gasteiger charge is -2.26. The van der Waals surface area contributed by atoms with E-state index in [1.54, 1.807) is 25.3 Å². The maximum atomic E-state index is 11.3. The zero-order valence-electron chi connectivity index (χ0n) is 15.5. The first-order valence-corrected chi connectivity index (χ1v) is 8.83. The second-order valence-corrected chi connectivity index (χ2v) is 7.11. The predicted molar refractivity (Wildman–Crippen MR) is 108 cm³/mol. The third kappa shape index (κ3) is 3.14. The van der Waals surface area contributed by atoms with Crippen molar-refractivity contribution in [3.8, 4) is 11.3 Å². The van der Waals surface area contributed by atoms with Gasteiger partial charge in [-0.05, 0) is 25.1 Å². The molecule has 0 amide bonds. The number of rotatable bonds is 4. The summed E-state index contributed by atoms with van der Waals surface area (Å²) < 4.78 is 2.05. The number of benzene rings is 1. The van der Waals surface area contributed by atoms with Crippen molar-refractivity contribution in [3.63, 3.8) is 0 Å². The van der Waals surface area contributed by atoms with E-state index in [1.807, 2.05) is 31.4 Å². The summed E-state index contributed by atoms with van der Waals surface area (Å²) in [4.78, 5) is 19.8. The number of fused-ring (bicyclic) bond motifs is 1. The number of nitrogens with zero attached hydrogens (tertiary/aromatic N) is 4. The summed E-state index contributed by atoms with van der Waals surface area (Å²) in [6.45, 7) is 1.63. The summed E-state index contributed by atoms with van der Waals surface area (Å²) in [6.07, 6.45) is 8.52. The van der Waals surface area contributed by atoms with E-state index in [0.29, 0.717) is 11.6 Å². The minimum Gasteiger partial charge on any atom is -0.350 e. The lowest BCUT2D eigenvalue weighted by atomic mass is 9.89. The van der Waals surface area contributed by atoms with Crippen LogP contribution in [0.4, 0.5) is 5.95 Å². The standard InChI is InChI=1S/C20H20N6O2/c1-20(21)9-7-13(11-18(20)26(27)28)23-19-22-10-8-16(24-19)15-12-25(2)17-6-4-3-5-14(15)17/h3-12,18H,21H2,1-2H3,(H,22,23,24). The van der Waals surface area contributed by atoms with Crippen molar-refractivity contribution in [2.75, 3.05) is 5.32 Å². The van der Waals surface area contributed by atoms with Gasteiger partial charge in [0.1, 0.15) is 5.54 Å². The number of nitrogens with one attached hydrogen (secondary N) is 1. The van der Waals surface area contributed by atoms with Gasteiger partial charge in [0.2, 0.25) is 5.95 Å². The SMILES string of the molecule is Cn1cc(-c2ccnc(NC3=CC([N+](=O)[O-])C(C)(N)C=C3)n2)c2ccccc21. The van der Waals surface area contributed by atoms with Gasteiger partial charge in [0.15, 0.2) is 0 Å². The van der Waals surface area contributed by atoms with E-state index in [9.17, 15) is 10.1 Å². The molecule has 4 rings (SSSR count). The van der Waals surface area contributed by atoms with E-state index in [-0.39, 0.29) is 0 Å². The summed E-state index contributed by atoms with van der Waals surface area (Å²) in [5, 5.41) is 15.5. The predicted octanol–water partition coefficient (Wildman–Crippen LogP) is 2.86. The molecular weight excluding hydrogens is 356 g/mol. The fourth-order valence-corrected chi connectivity index (χ4v) is 3.39. The van der Waals surface area contributed by atoms with Crippen LogP contribution in [0, 0.1) is 10.1 Å². The Morgan fingerprint density at radius 3 is 2.89 bits per heavy atom. The maximum Gasteiger partial charge on any atom is 0.254 e. The molecule has 2 atom stereocenters. The average Bonchev–Trinajstić information content (AvgIpc) is 3.00. The fourth-order valence-electron chi connectivity index (χ4n) is 3.39. The molecule has 142 valence electrons. The van der Waals surface area contributed by atoms with Crippen LogP contribution in [-0.4, -0.2) is 31.0 Å². The number of anilines is 1. The minimum absolute atomic E-state index is 0.365. The normalized spacial score (nSPS) is 21.5. The second-order valence-electron chi connectivity index (χ2n) is 7.11. The topological polar surface area (TPSA) is 112 Å². The van der Waals surface area contributed by atoms with Gasteiger partial charge < -0.3 is 15.6 Å². The quantitative estimate of drug-likeness (QED) is 0.535. The van der Waals surface area contributed by atoms with Crippen LogP contribution in [0.3, 0.4) is 0 Å². The molecule has 2 unspecified atom stereocenters. The number of hydrogen-bond donors (Lipinski definition) is 2. The highest BCUT2D eigenvalue weighted by molar-refractivity contribution is 5.95. The number of nitrogens with two attached hydrogens (primary N) is 1. The maximum absolute atomic E-state index is 11.3. The molecule has 1 aliphatic carbocycles. The molecule has 2 aromatic heterocycles. The van der Waals surface area contributed by atoms with Crippen molar-refractivity contribution < 1.29 is 4.92 Å². The fraction of sp³-hybridized carbons (Fsp3) is 0.200. The van der Waals surface area contributed by atoms with Crippen LogP contribution in [0.2, 0.25) is 0 Å². The molecule has 0 spiro atoms. The van der Waals surface area contributed by atoms with Crippen molar-refractivity contribution in [2.24, 2.45) is 12.8 Å². The summed E-state index contributed by atoms with van der Waals surface area (Å²) in [6, 6.07) is 8.91. The molecule has 3 N–H and O–H groups in total. The molecule has 28 heavy (non-hydrogen) atoms. The van der Waals surface area contributed by atoms with Crippen molar-refractivity contribution in [1.29, 1.82) is 0 Å². The second kappa shape index (κ2) is 6.58. The Bertz CT molecular complexity index is 1130. The molecule has 0 radical (unpaired) electrons. The first kappa shape index (κ1) is 17.9. The van der Waals surface area contributed by atoms with Crippen molar-refractivity contribution in [2.45, 2.75) is 18.5 Å². The Morgan fingerprint density at radius 2 is 2.11 bits per heavy atom. The highest BCUT2D eigenvalue weighted by Gasteiger charge is 2.38. The van der Waals surface area contributed by atoms with E-state index in [1.165, 1.54) is 6.08 Å². The molecule has 0 saturated heterocycles. The third-order valence-corrected chi connectivity index (χ3v) is 4.91. The van der Waals surface area contributed by atoms with Gasteiger partial charge >= 0.3 is 0 Å². The van der Waals surface area contributed by atoms with Crippen LogP contribution in [0.15, 0.2) is 66.7 Å². The first-order valence-electron chi connectivity index (χ1n) is 8.83. The molecule has 0 aliphatic heterocycles. The van der Waals surface area contributed by atoms with Crippen molar-refractivity contribution >= 4 is 16.9 Å². The van der Waals surface area contributed by atoms with Crippen LogP contribution in [-0.2, 0) is 7.05 Å². The molecule has 3 aromatic rings. The summed E-state index contributed by atoms with van der Waals surface area (Å²) in [7, 11) is 1.99. The van der Waals surface area contributed by atoms with Crippen LogP contribution in [0.25, 0.3) is 22.2 Å². The molecule has 0 bridgehead atoms. The Morgan fingerprint density at radius 1 is 1.32 bits per heavy atom. The van der Waals surface area contributed by atoms with Crippen molar-refractivity contribution in [1.82, 2.24) is 14.5 Å². The average molecular weight is 376 g/mol. The van der Waals surface area contributed by atoms with E-state index in [4.69, 9.17) is 5.73 Å². The minimum atomic E-state index is -1.04. The van der Waals surface area contributed by atoms with Gasteiger partial charge in [0.25, 0.3) is 6.04 Å². The molecule has 1 aliphatic rings. The van der Waals surface area contributed by atoms with E-state index in [2.05, 4.69) is 32.0 Å². The molecule has 0 saturated carbocycles. The monoisotopic (exact) mass is 376 g/mol. The highest BCUT2D eigenvalue weighted by Crippen LogP contribution is 2.29. The van der Waals surface area contributed by atoms with Gasteiger partial charge in [0, 0.05) is 52.6 Å². The lowest BCUT2D eigenvalue weighted by molar-refractivity contribution is -0.517. The smallest absolute Gasteiger partial charge is 0.254 e. The van der Waals surface area contributed by atoms with Gasteiger partial charge in [-0.15, -0.1) is 0 Å². The molecular formula is C20H20N6O2. The number of aromatic nitrogens is 3. The van der Waals surface area contributed by atoms with Crippen LogP contribution < -0.4 is 11.1 Å². The molecule has 0 fully saturated rings. The van der Waals surface area contributed by atoms with Crippen LogP contribution in [0.1, 0.15) is 6.92 Å². The summed E-state index contributed by atoms with van der Waals surface area (Å²) >= 11 is 0. The Labute approximate surface area is 161 Å². The van der Waals surface area contributed by atoms with Gasteiger partial charge in [-0.25, -0.2) is 9.97 Å². The molecule has 8 heteroatoms. The van der Waals surface area contributed by atoms with Crippen LogP contribution in [0.5, 0.6) is 0 Å². The van der Waals surface area contributed by atoms with Gasteiger partial charge in [-0.1, -0.05) is 24.3 Å². The number of para-hydroxylation sites is 1. The zero-order chi connectivity index (χ0) is 19.9. The van der Waals surface area contributed by atoms with Crippen molar-refractivity contribution in [3.05, 3.63) is 76.8 Å². The number of aryl methyl sites for hydroxylation is 1. The Kier molecular flexibility index (Phi) is 4.20. The molecule has 2 heterocycles. The zero-order valence-corrected chi connectivity index (χ0v) is 15.5. The number of nitro groups is 1. The van der Waals surface area contributed by atoms with E-state index in [0.717, 1.165) is 22.2 Å². The molecule has 8 nitrogen and oxygen atoms in total. The highest BCUT2D eigenvalue weighted by atomic mass is 16.6. The van der Waals surface area contributed by atoms with E-state index < -0.39 is 16.5 Å². The Hall–Kier alpha value is -3.52. The number of hydrogen-bond acceptors (Lipinski definition) is 6. The van der Waals surface area contributed by atoms with Gasteiger partial charge in [-0.3, -0.25) is 10.1 Å². The summed E-state index contributed by atoms with van der Waals surface area (Å²) in [5.41, 5.74) is 8.37. The summed E-state index contributed by atoms with van der Waals surface area (Å²) in [5.74, 6) is 0.365. The van der Waals surface area contributed by atoms with Gasteiger partial charge in [-0.2, -0.15) is 0 Å². The van der Waals surface area contributed by atoms with E-state index >= 15 is 0 Å². The van der Waals surface area contributed by atoms with Gasteiger partial charge in [0.05, 0.1) is 5.69 Å².